The summed E-state index contributed by atoms with van der Waals surface area (Å²) < 4.78 is 69.9. The number of rotatable bonds is 6. The van der Waals surface area contributed by atoms with Crippen LogP contribution >= 0.6 is 0 Å². The van der Waals surface area contributed by atoms with Gasteiger partial charge in [-0.25, -0.2) is 8.42 Å². The van der Waals surface area contributed by atoms with Gasteiger partial charge in [-0.3, -0.25) is 4.79 Å². The molecule has 0 radical (unpaired) electrons. The van der Waals surface area contributed by atoms with Gasteiger partial charge in [0, 0.05) is 32.2 Å². The summed E-state index contributed by atoms with van der Waals surface area (Å²) in [6.07, 6.45) is -2.11. The third-order valence-corrected chi connectivity index (χ3v) is 6.59. The zero-order valence-corrected chi connectivity index (χ0v) is 16.8. The third kappa shape index (κ3) is 5.60. The molecule has 2 rings (SSSR count). The number of benzene rings is 1. The van der Waals surface area contributed by atoms with E-state index in [2.05, 4.69) is 0 Å². The van der Waals surface area contributed by atoms with E-state index in [0.717, 1.165) is 30.6 Å². The number of alkyl halides is 3. The molecule has 1 saturated heterocycles. The van der Waals surface area contributed by atoms with Crippen LogP contribution in [0.5, 0.6) is 5.75 Å². The fourth-order valence-corrected chi connectivity index (χ4v) is 4.75. The number of carbonyl (C=O) groups is 1. The van der Waals surface area contributed by atoms with Crippen LogP contribution in [0, 0.1) is 0 Å². The first-order chi connectivity index (χ1) is 13.1. The zero-order valence-electron chi connectivity index (χ0n) is 16.0. The quantitative estimate of drug-likeness (QED) is 0.706. The van der Waals surface area contributed by atoms with Crippen molar-refractivity contribution in [2.45, 2.75) is 43.2 Å². The molecule has 0 spiro atoms. The van der Waals surface area contributed by atoms with Crippen molar-refractivity contribution in [2.24, 2.45) is 0 Å². The molecule has 1 aliphatic heterocycles. The molecule has 0 bridgehead atoms. The molecule has 28 heavy (non-hydrogen) atoms. The van der Waals surface area contributed by atoms with Crippen molar-refractivity contribution in [1.29, 1.82) is 0 Å². The van der Waals surface area contributed by atoms with Gasteiger partial charge in [0.15, 0.2) is 0 Å². The second kappa shape index (κ2) is 9.13. The first-order valence-corrected chi connectivity index (χ1v) is 10.5. The van der Waals surface area contributed by atoms with Crippen molar-refractivity contribution >= 4 is 15.9 Å². The van der Waals surface area contributed by atoms with Gasteiger partial charge in [0.2, 0.25) is 10.0 Å². The number of nitrogens with zero attached hydrogens (tertiary/aromatic N) is 2. The highest BCUT2D eigenvalue weighted by atomic mass is 32.2. The van der Waals surface area contributed by atoms with Gasteiger partial charge in [-0.15, -0.1) is 0 Å². The van der Waals surface area contributed by atoms with Crippen LogP contribution in [-0.2, 0) is 10.0 Å². The predicted molar refractivity (Wildman–Crippen MR) is 97.9 cm³/mol. The minimum atomic E-state index is -4.38. The van der Waals surface area contributed by atoms with Crippen molar-refractivity contribution < 1.29 is 31.1 Å². The van der Waals surface area contributed by atoms with Gasteiger partial charge in [-0.1, -0.05) is 12.8 Å². The van der Waals surface area contributed by atoms with Gasteiger partial charge in [0.25, 0.3) is 5.91 Å². The van der Waals surface area contributed by atoms with Crippen molar-refractivity contribution in [1.82, 2.24) is 9.21 Å². The van der Waals surface area contributed by atoms with E-state index in [-0.39, 0.29) is 16.2 Å². The lowest BCUT2D eigenvalue weighted by atomic mass is 10.2. The van der Waals surface area contributed by atoms with E-state index in [1.54, 1.807) is 0 Å². The van der Waals surface area contributed by atoms with Gasteiger partial charge in [0.1, 0.15) is 10.6 Å². The molecule has 1 heterocycles. The van der Waals surface area contributed by atoms with Crippen LogP contribution in [0.3, 0.4) is 0 Å². The maximum Gasteiger partial charge on any atom is 0.390 e. The van der Waals surface area contributed by atoms with E-state index in [1.165, 1.54) is 36.7 Å². The Hall–Kier alpha value is -1.81. The standard InChI is InChI=1S/C18H25F3N2O4S/c1-22(12-9-18(19,20)21)17(24)14-7-8-15(27-2)16(13-14)28(25,26)23-10-5-3-4-6-11-23/h7-8,13H,3-6,9-12H2,1-2H3. The summed E-state index contributed by atoms with van der Waals surface area (Å²) in [6, 6.07) is 3.90. The van der Waals surface area contributed by atoms with Crippen molar-refractivity contribution in [3.8, 4) is 5.75 Å². The molecular weight excluding hydrogens is 397 g/mol. The van der Waals surface area contributed by atoms with Crippen molar-refractivity contribution in [3.63, 3.8) is 0 Å². The summed E-state index contributed by atoms with van der Waals surface area (Å²) in [5.41, 5.74) is -0.00104. The van der Waals surface area contributed by atoms with Crippen LogP contribution in [0.2, 0.25) is 0 Å². The predicted octanol–water partition coefficient (Wildman–Crippen LogP) is 3.28. The van der Waals surface area contributed by atoms with Crippen LogP contribution in [-0.4, -0.2) is 63.5 Å². The Balaban J connectivity index is 2.31. The van der Waals surface area contributed by atoms with Gasteiger partial charge < -0.3 is 9.64 Å². The number of hydrogen-bond donors (Lipinski definition) is 0. The first-order valence-electron chi connectivity index (χ1n) is 9.06. The fraction of sp³-hybridized carbons (Fsp3) is 0.611. The van der Waals surface area contributed by atoms with Crippen LogP contribution in [0.1, 0.15) is 42.5 Å². The van der Waals surface area contributed by atoms with Gasteiger partial charge in [-0.05, 0) is 31.0 Å². The van der Waals surface area contributed by atoms with Gasteiger partial charge in [-0.2, -0.15) is 17.5 Å². The number of amides is 1. The van der Waals surface area contributed by atoms with E-state index in [1.807, 2.05) is 0 Å². The number of methoxy groups -OCH3 is 1. The Kier molecular flexibility index (Phi) is 7.33. The summed E-state index contributed by atoms with van der Waals surface area (Å²) in [6.45, 7) is 0.257. The lowest BCUT2D eigenvalue weighted by Gasteiger charge is -2.22. The normalized spacial score (nSPS) is 16.5. The second-order valence-electron chi connectivity index (χ2n) is 6.78. The molecule has 158 valence electrons. The number of sulfonamides is 1. The topological polar surface area (TPSA) is 66.9 Å². The highest BCUT2D eigenvalue weighted by molar-refractivity contribution is 7.89. The molecule has 0 unspecified atom stereocenters. The lowest BCUT2D eigenvalue weighted by Crippen LogP contribution is -2.33. The summed E-state index contributed by atoms with van der Waals surface area (Å²) >= 11 is 0. The number of hydrogen-bond acceptors (Lipinski definition) is 4. The Morgan fingerprint density at radius 3 is 2.32 bits per heavy atom. The molecule has 1 amide bonds. The SMILES string of the molecule is COc1ccc(C(=O)N(C)CCC(F)(F)F)cc1S(=O)(=O)N1CCCCCC1. The molecule has 0 N–H and O–H groups in total. The van der Waals surface area contributed by atoms with Gasteiger partial charge >= 0.3 is 6.18 Å². The molecular formula is C18H25F3N2O4S. The van der Waals surface area contributed by atoms with Crippen LogP contribution in [0.4, 0.5) is 13.2 Å². The lowest BCUT2D eigenvalue weighted by molar-refractivity contribution is -0.136. The van der Waals surface area contributed by atoms with Crippen LogP contribution in [0.15, 0.2) is 23.1 Å². The Morgan fingerprint density at radius 1 is 1.18 bits per heavy atom. The van der Waals surface area contributed by atoms with E-state index >= 15 is 0 Å². The molecule has 1 aliphatic rings. The summed E-state index contributed by atoms with van der Waals surface area (Å²) in [7, 11) is -1.31. The largest absolute Gasteiger partial charge is 0.495 e. The summed E-state index contributed by atoms with van der Waals surface area (Å²) in [5.74, 6) is -0.585. The highest BCUT2D eigenvalue weighted by Gasteiger charge is 2.31. The second-order valence-corrected chi connectivity index (χ2v) is 8.68. The molecule has 0 aromatic heterocycles. The average Bonchev–Trinajstić information content (AvgIpc) is 2.94. The average molecular weight is 422 g/mol. The third-order valence-electron chi connectivity index (χ3n) is 4.67. The Bertz CT molecular complexity index is 789. The molecule has 0 atom stereocenters. The molecule has 6 nitrogen and oxygen atoms in total. The smallest absolute Gasteiger partial charge is 0.390 e. The summed E-state index contributed by atoms with van der Waals surface area (Å²) in [4.78, 5) is 13.3. The maximum atomic E-state index is 13.1. The summed E-state index contributed by atoms with van der Waals surface area (Å²) in [5, 5.41) is 0. The van der Waals surface area contributed by atoms with E-state index in [9.17, 15) is 26.4 Å². The number of halogens is 3. The molecule has 0 aliphatic carbocycles. The first kappa shape index (κ1) is 22.5. The van der Waals surface area contributed by atoms with Crippen LogP contribution < -0.4 is 4.74 Å². The Morgan fingerprint density at radius 2 is 1.79 bits per heavy atom. The highest BCUT2D eigenvalue weighted by Crippen LogP contribution is 2.30. The minimum absolute atomic E-state index is 0.00104. The van der Waals surface area contributed by atoms with Crippen molar-refractivity contribution in [3.05, 3.63) is 23.8 Å². The zero-order chi connectivity index (χ0) is 20.9. The molecule has 1 fully saturated rings. The minimum Gasteiger partial charge on any atom is -0.495 e. The fourth-order valence-electron chi connectivity index (χ4n) is 3.05. The van der Waals surface area contributed by atoms with Crippen LogP contribution in [0.25, 0.3) is 0 Å². The molecule has 0 saturated carbocycles. The monoisotopic (exact) mass is 422 g/mol. The Labute approximate surface area is 163 Å². The van der Waals surface area contributed by atoms with Crippen molar-refractivity contribution in [2.75, 3.05) is 33.8 Å². The van der Waals surface area contributed by atoms with E-state index < -0.39 is 35.1 Å². The van der Waals surface area contributed by atoms with E-state index in [4.69, 9.17) is 4.74 Å². The molecule has 1 aromatic carbocycles. The maximum absolute atomic E-state index is 13.1. The number of ether oxygens (including phenoxy) is 1. The molecule has 1 aromatic rings. The number of carbonyl (C=O) groups excluding carboxylic acids is 1. The molecule has 10 heteroatoms. The van der Waals surface area contributed by atoms with E-state index in [0.29, 0.717) is 13.1 Å². The van der Waals surface area contributed by atoms with Gasteiger partial charge in [0.05, 0.1) is 13.5 Å².